The van der Waals surface area contributed by atoms with Crippen molar-refractivity contribution in [1.29, 1.82) is 0 Å². The number of amides is 1. The minimum absolute atomic E-state index is 0.267. The number of fused-ring (bicyclic) bond motifs is 2. The number of nitrogens with one attached hydrogen (secondary N) is 2. The van der Waals surface area contributed by atoms with Crippen molar-refractivity contribution in [2.75, 3.05) is 42.2 Å². The number of hydrogen-bond acceptors (Lipinski definition) is 8. The summed E-state index contributed by atoms with van der Waals surface area (Å²) in [5, 5.41) is 7.59. The molecule has 2 fully saturated rings. The van der Waals surface area contributed by atoms with Crippen molar-refractivity contribution in [3.05, 3.63) is 84.4 Å². The van der Waals surface area contributed by atoms with Crippen LogP contribution in [0, 0.1) is 5.92 Å². The van der Waals surface area contributed by atoms with E-state index in [9.17, 15) is 4.79 Å². The first-order valence-corrected chi connectivity index (χ1v) is 13.6. The van der Waals surface area contributed by atoms with E-state index in [1.807, 2.05) is 42.5 Å². The molecule has 40 heavy (non-hydrogen) atoms. The number of carbonyl (C=O) groups excluding carboxylic acids is 1. The maximum atomic E-state index is 12.4. The van der Waals surface area contributed by atoms with Crippen LogP contribution >= 0.6 is 11.6 Å². The Morgan fingerprint density at radius 2 is 2.08 bits per heavy atom. The van der Waals surface area contributed by atoms with Gasteiger partial charge in [-0.1, -0.05) is 24.2 Å². The third-order valence-corrected chi connectivity index (χ3v) is 7.95. The molecule has 204 valence electrons. The second-order valence-electron chi connectivity index (χ2n) is 10.2. The third-order valence-electron chi connectivity index (χ3n) is 7.66. The second-order valence-corrected chi connectivity index (χ2v) is 10.6. The fraction of sp³-hybridized carbons (Fsp3) is 0.267. The molecule has 0 saturated carbocycles. The summed E-state index contributed by atoms with van der Waals surface area (Å²) in [6.45, 7) is 6.93. The molecule has 2 N–H and O–H groups in total. The summed E-state index contributed by atoms with van der Waals surface area (Å²) < 4.78 is 5.85. The molecule has 1 amide bonds. The smallest absolute Gasteiger partial charge is 0.247 e. The van der Waals surface area contributed by atoms with Crippen molar-refractivity contribution in [3.63, 3.8) is 0 Å². The molecule has 4 aromatic rings. The van der Waals surface area contributed by atoms with Crippen molar-refractivity contribution in [2.45, 2.75) is 19.1 Å². The SMILES string of the molecule is C=CC(=O)Nc1cc2c(Nc3ccc(OCc4ccccn4)c(Cl)c3)ncnc2cc1N1CC2CCN(C)C2C1. The average Bonchev–Trinajstić information content (AvgIpc) is 3.55. The predicted molar refractivity (Wildman–Crippen MR) is 158 cm³/mol. The van der Waals surface area contributed by atoms with E-state index in [0.29, 0.717) is 40.8 Å². The van der Waals surface area contributed by atoms with E-state index >= 15 is 0 Å². The molecular formula is C30H30ClN7O2. The fourth-order valence-electron chi connectivity index (χ4n) is 5.57. The van der Waals surface area contributed by atoms with E-state index < -0.39 is 0 Å². The van der Waals surface area contributed by atoms with Gasteiger partial charge in [0.15, 0.2) is 0 Å². The number of pyridine rings is 1. The first kappa shape index (κ1) is 26.0. The van der Waals surface area contributed by atoms with Crippen LogP contribution in [0.15, 0.2) is 73.7 Å². The summed E-state index contributed by atoms with van der Waals surface area (Å²) in [5.74, 6) is 1.51. The number of aromatic nitrogens is 3. The van der Waals surface area contributed by atoms with Crippen LogP contribution in [0.4, 0.5) is 22.9 Å². The zero-order valence-electron chi connectivity index (χ0n) is 22.2. The Hall–Kier alpha value is -4.21. The second kappa shape index (κ2) is 11.1. The molecule has 0 bridgehead atoms. The number of hydrogen-bond donors (Lipinski definition) is 2. The van der Waals surface area contributed by atoms with Gasteiger partial charge < -0.3 is 25.2 Å². The van der Waals surface area contributed by atoms with Crippen LogP contribution in [0.3, 0.4) is 0 Å². The Balaban J connectivity index is 1.28. The lowest BCUT2D eigenvalue weighted by atomic mass is 10.1. The topological polar surface area (TPSA) is 95.5 Å². The predicted octanol–water partition coefficient (Wildman–Crippen LogP) is 5.27. The van der Waals surface area contributed by atoms with Crippen LogP contribution in [-0.4, -0.2) is 58.5 Å². The molecule has 0 radical (unpaired) electrons. The highest BCUT2D eigenvalue weighted by Crippen LogP contribution is 2.39. The zero-order valence-corrected chi connectivity index (χ0v) is 22.9. The van der Waals surface area contributed by atoms with E-state index in [1.165, 1.54) is 18.8 Å². The van der Waals surface area contributed by atoms with Gasteiger partial charge in [-0.15, -0.1) is 0 Å². The molecule has 9 nitrogen and oxygen atoms in total. The molecule has 2 aliphatic rings. The summed E-state index contributed by atoms with van der Waals surface area (Å²) in [4.78, 5) is 30.5. The van der Waals surface area contributed by atoms with Crippen molar-refractivity contribution in [1.82, 2.24) is 19.9 Å². The minimum atomic E-state index is -0.267. The van der Waals surface area contributed by atoms with E-state index in [4.69, 9.17) is 16.3 Å². The summed E-state index contributed by atoms with van der Waals surface area (Å²) in [6.07, 6.45) is 5.73. The molecule has 2 aromatic carbocycles. The number of carbonyl (C=O) groups is 1. The highest BCUT2D eigenvalue weighted by molar-refractivity contribution is 6.32. The Morgan fingerprint density at radius 3 is 2.85 bits per heavy atom. The molecule has 2 aliphatic heterocycles. The van der Waals surface area contributed by atoms with Crippen LogP contribution in [0.1, 0.15) is 12.1 Å². The van der Waals surface area contributed by atoms with Crippen LogP contribution in [-0.2, 0) is 11.4 Å². The van der Waals surface area contributed by atoms with Crippen LogP contribution in [0.5, 0.6) is 5.75 Å². The molecule has 0 spiro atoms. The van der Waals surface area contributed by atoms with Crippen molar-refractivity contribution < 1.29 is 9.53 Å². The minimum Gasteiger partial charge on any atom is -0.486 e. The van der Waals surface area contributed by atoms with Crippen LogP contribution in [0.25, 0.3) is 10.9 Å². The number of halogens is 1. The summed E-state index contributed by atoms with van der Waals surface area (Å²) in [6, 6.07) is 15.6. The van der Waals surface area contributed by atoms with Gasteiger partial charge in [0, 0.05) is 36.4 Å². The van der Waals surface area contributed by atoms with E-state index in [0.717, 1.165) is 47.6 Å². The lowest BCUT2D eigenvalue weighted by molar-refractivity contribution is -0.111. The summed E-state index contributed by atoms with van der Waals surface area (Å²) in [5.41, 5.74) is 3.99. The van der Waals surface area contributed by atoms with Crippen molar-refractivity contribution in [2.24, 2.45) is 5.92 Å². The van der Waals surface area contributed by atoms with Gasteiger partial charge in [0.1, 0.15) is 24.5 Å². The Bertz CT molecular complexity index is 1560. The standard InChI is InChI=1S/C30H30ClN7O2/c1-3-29(39)36-25-13-22-24(14-26(25)38-15-19-9-11-37(2)27(19)16-38)33-18-34-30(22)35-20-7-8-28(23(31)12-20)40-17-21-6-4-5-10-32-21/h3-8,10,12-14,18-19,27H,1,9,11,15-17H2,2H3,(H,36,39)(H,33,34,35). The molecule has 4 heterocycles. The van der Waals surface area contributed by atoms with Crippen molar-refractivity contribution >= 4 is 51.3 Å². The zero-order chi connectivity index (χ0) is 27.6. The molecule has 2 aromatic heterocycles. The van der Waals surface area contributed by atoms with Gasteiger partial charge in [-0.05, 0) is 74.5 Å². The van der Waals surface area contributed by atoms with Gasteiger partial charge in [0.25, 0.3) is 0 Å². The monoisotopic (exact) mass is 555 g/mol. The number of likely N-dealkylation sites (N-methyl/N-ethyl adjacent to an activating group) is 1. The molecule has 2 atom stereocenters. The molecular weight excluding hydrogens is 526 g/mol. The van der Waals surface area contributed by atoms with Crippen LogP contribution < -0.4 is 20.3 Å². The third kappa shape index (κ3) is 5.30. The number of ether oxygens (including phenoxy) is 1. The number of benzene rings is 2. The van der Waals surface area contributed by atoms with Gasteiger partial charge in [0.05, 0.1) is 27.6 Å². The van der Waals surface area contributed by atoms with Gasteiger partial charge in [0.2, 0.25) is 5.91 Å². The number of nitrogens with zero attached hydrogens (tertiary/aromatic N) is 5. The van der Waals surface area contributed by atoms with Crippen LogP contribution in [0.2, 0.25) is 5.02 Å². The van der Waals surface area contributed by atoms with E-state index in [-0.39, 0.29) is 5.91 Å². The van der Waals surface area contributed by atoms with Crippen molar-refractivity contribution in [3.8, 4) is 5.75 Å². The maximum absolute atomic E-state index is 12.4. The first-order chi connectivity index (χ1) is 19.5. The number of anilines is 4. The molecule has 10 heteroatoms. The molecule has 2 saturated heterocycles. The normalized spacial score (nSPS) is 18.5. The summed E-state index contributed by atoms with van der Waals surface area (Å²) in [7, 11) is 2.19. The average molecular weight is 556 g/mol. The lowest BCUT2D eigenvalue weighted by Crippen LogP contribution is -2.32. The quantitative estimate of drug-likeness (QED) is 0.284. The van der Waals surface area contributed by atoms with Gasteiger partial charge in [-0.25, -0.2) is 9.97 Å². The number of rotatable bonds is 8. The maximum Gasteiger partial charge on any atom is 0.247 e. The highest BCUT2D eigenvalue weighted by atomic mass is 35.5. The van der Waals surface area contributed by atoms with Gasteiger partial charge >= 0.3 is 0 Å². The highest BCUT2D eigenvalue weighted by Gasteiger charge is 2.40. The largest absolute Gasteiger partial charge is 0.486 e. The van der Waals surface area contributed by atoms with Gasteiger partial charge in [-0.3, -0.25) is 9.78 Å². The Labute approximate surface area is 237 Å². The van der Waals surface area contributed by atoms with Gasteiger partial charge in [-0.2, -0.15) is 0 Å². The fourth-order valence-corrected chi connectivity index (χ4v) is 5.81. The first-order valence-electron chi connectivity index (χ1n) is 13.2. The number of likely N-dealkylation sites (tertiary alicyclic amines) is 1. The molecule has 2 unspecified atom stereocenters. The Morgan fingerprint density at radius 1 is 1.18 bits per heavy atom. The lowest BCUT2D eigenvalue weighted by Gasteiger charge is -2.25. The molecule has 0 aliphatic carbocycles. The van der Waals surface area contributed by atoms with E-state index in [1.54, 1.807) is 12.3 Å². The Kier molecular flexibility index (Phi) is 7.23. The summed E-state index contributed by atoms with van der Waals surface area (Å²) >= 11 is 6.54. The van der Waals surface area contributed by atoms with E-state index in [2.05, 4.69) is 49.0 Å². The molecule has 6 rings (SSSR count).